The van der Waals surface area contributed by atoms with Crippen LogP contribution in [0.2, 0.25) is 0 Å². The summed E-state index contributed by atoms with van der Waals surface area (Å²) in [5, 5.41) is 72.4. The SMILES string of the molecule is CC[C@H]1OC(=O)[C@H](C)[C@@H](OC2C[C@@](C)(CC)[C@@H](O)[C@H](C)O2)C[C@@H](OC2O[C@H](C)C[C@H](N(C)CC(O)CNc3ccc(C(F)(F)F)cc3)[C@H]2O)[C@](C)(O)C[C@@H](C)C(=O)[C@H](C)[C@@H](O)[C@]1(C)O. The Morgan fingerprint density at radius 2 is 1.53 bits per heavy atom. The topological polar surface area (TPSA) is 217 Å². The van der Waals surface area contributed by atoms with Gasteiger partial charge in [-0.2, -0.15) is 13.2 Å². The minimum atomic E-state index is -4.48. The van der Waals surface area contributed by atoms with Gasteiger partial charge in [0.05, 0.1) is 59.8 Å². The van der Waals surface area contributed by atoms with E-state index in [-0.39, 0.29) is 38.8 Å². The lowest BCUT2D eigenvalue weighted by atomic mass is 9.74. The number of cyclic esters (lactones) is 1. The Bertz CT molecular complexity index is 1670. The average molecular weight is 921 g/mol. The van der Waals surface area contributed by atoms with Gasteiger partial charge in [0.25, 0.3) is 0 Å². The number of aliphatic hydroxyl groups is 6. The number of nitrogens with one attached hydrogen (secondary N) is 1. The van der Waals surface area contributed by atoms with E-state index in [0.29, 0.717) is 18.5 Å². The van der Waals surface area contributed by atoms with Gasteiger partial charge in [-0.3, -0.25) is 14.5 Å². The minimum absolute atomic E-state index is 0.0135. The van der Waals surface area contributed by atoms with E-state index in [0.717, 1.165) is 12.1 Å². The molecule has 7 N–H and O–H groups in total. The monoisotopic (exact) mass is 921 g/mol. The molecule has 18 heteroatoms. The Hall–Kier alpha value is -2.49. The normalized spacial score (nSPS) is 41.6. The predicted octanol–water partition coefficient (Wildman–Crippen LogP) is 4.41. The highest BCUT2D eigenvalue weighted by Gasteiger charge is 2.51. The van der Waals surface area contributed by atoms with Crippen LogP contribution in [-0.4, -0.2) is 152 Å². The van der Waals surface area contributed by atoms with Crippen LogP contribution in [-0.2, 0) is 39.4 Å². The summed E-state index contributed by atoms with van der Waals surface area (Å²) < 4.78 is 70.6. The molecule has 3 unspecified atom stereocenters. The Morgan fingerprint density at radius 1 is 0.906 bits per heavy atom. The van der Waals surface area contributed by atoms with Crippen LogP contribution in [0.4, 0.5) is 18.9 Å². The highest BCUT2D eigenvalue weighted by molar-refractivity contribution is 5.83. The van der Waals surface area contributed by atoms with Crippen molar-refractivity contribution in [2.24, 2.45) is 23.2 Å². The van der Waals surface area contributed by atoms with Crippen molar-refractivity contribution in [1.29, 1.82) is 0 Å². The lowest BCUT2D eigenvalue weighted by molar-refractivity contribution is -0.302. The molecule has 3 aliphatic rings. The smallest absolute Gasteiger partial charge is 0.416 e. The molecule has 3 saturated heterocycles. The molecule has 3 heterocycles. The van der Waals surface area contributed by atoms with Crippen molar-refractivity contribution in [2.45, 2.75) is 199 Å². The van der Waals surface area contributed by atoms with Crippen molar-refractivity contribution in [3.8, 4) is 0 Å². The van der Waals surface area contributed by atoms with Crippen molar-refractivity contribution in [2.75, 3.05) is 25.5 Å². The van der Waals surface area contributed by atoms with Gasteiger partial charge in [-0.1, -0.05) is 34.6 Å². The molecule has 0 saturated carbocycles. The summed E-state index contributed by atoms with van der Waals surface area (Å²) >= 11 is 0. The van der Waals surface area contributed by atoms with E-state index < -0.39 is 131 Å². The number of carbonyl (C=O) groups is 2. The summed E-state index contributed by atoms with van der Waals surface area (Å²) in [5.41, 5.74) is -4.96. The Balaban J connectivity index is 1.66. The number of halogens is 3. The van der Waals surface area contributed by atoms with Crippen LogP contribution < -0.4 is 5.32 Å². The average Bonchev–Trinajstić information content (AvgIpc) is 3.22. The van der Waals surface area contributed by atoms with E-state index in [2.05, 4.69) is 5.32 Å². The number of rotatable bonds is 12. The number of nitrogens with zero attached hydrogens (tertiary/aromatic N) is 1. The number of aliphatic hydroxyl groups excluding tert-OH is 4. The van der Waals surface area contributed by atoms with Crippen molar-refractivity contribution in [1.82, 2.24) is 4.90 Å². The van der Waals surface area contributed by atoms with Crippen molar-refractivity contribution in [3.63, 3.8) is 0 Å². The van der Waals surface area contributed by atoms with Gasteiger partial charge in [0.2, 0.25) is 0 Å². The molecule has 15 nitrogen and oxygen atoms in total. The zero-order valence-electron chi connectivity index (χ0n) is 39.2. The molecular weight excluding hydrogens is 846 g/mol. The van der Waals surface area contributed by atoms with Gasteiger partial charge < -0.3 is 59.6 Å². The van der Waals surface area contributed by atoms with Crippen LogP contribution in [0.5, 0.6) is 0 Å². The third-order valence-electron chi connectivity index (χ3n) is 14.1. The molecule has 0 aromatic heterocycles. The summed E-state index contributed by atoms with van der Waals surface area (Å²) in [4.78, 5) is 29.8. The van der Waals surface area contributed by atoms with Crippen molar-refractivity contribution < 1.29 is 77.1 Å². The molecule has 1 aromatic carbocycles. The molecule has 368 valence electrons. The van der Waals surface area contributed by atoms with E-state index in [4.69, 9.17) is 23.7 Å². The summed E-state index contributed by atoms with van der Waals surface area (Å²) in [7, 11) is 1.69. The van der Waals surface area contributed by atoms with E-state index in [1.165, 1.54) is 32.9 Å². The molecule has 0 bridgehead atoms. The molecule has 3 aliphatic heterocycles. The molecule has 18 atom stereocenters. The number of alkyl halides is 3. The molecule has 1 aromatic rings. The second-order valence-corrected chi connectivity index (χ2v) is 19.6. The molecule has 0 amide bonds. The number of hydrogen-bond acceptors (Lipinski definition) is 15. The zero-order chi connectivity index (χ0) is 48.3. The number of carbonyl (C=O) groups excluding carboxylic acids is 2. The Kier molecular flexibility index (Phi) is 18.3. The second kappa shape index (κ2) is 21.6. The van der Waals surface area contributed by atoms with Crippen molar-refractivity contribution >= 4 is 17.4 Å². The van der Waals surface area contributed by atoms with Crippen LogP contribution in [0.15, 0.2) is 24.3 Å². The number of benzene rings is 1. The molecule has 0 aliphatic carbocycles. The lowest BCUT2D eigenvalue weighted by Crippen LogP contribution is -2.59. The van der Waals surface area contributed by atoms with E-state index in [1.807, 2.05) is 13.8 Å². The van der Waals surface area contributed by atoms with Gasteiger partial charge in [0, 0.05) is 54.9 Å². The number of ketones is 1. The summed E-state index contributed by atoms with van der Waals surface area (Å²) in [5.74, 6) is -4.41. The van der Waals surface area contributed by atoms with Crippen LogP contribution in [0.25, 0.3) is 0 Å². The van der Waals surface area contributed by atoms with Gasteiger partial charge in [-0.05, 0) is 91.6 Å². The van der Waals surface area contributed by atoms with Gasteiger partial charge in [-0.15, -0.1) is 0 Å². The second-order valence-electron chi connectivity index (χ2n) is 19.6. The number of anilines is 1. The molecule has 3 fully saturated rings. The maximum atomic E-state index is 14.2. The van der Waals surface area contributed by atoms with E-state index in [9.17, 15) is 53.4 Å². The number of likely N-dealkylation sites (N-methyl/N-ethyl adjacent to an activating group) is 1. The summed E-state index contributed by atoms with van der Waals surface area (Å²) in [6.45, 7) is 16.4. The fourth-order valence-electron chi connectivity index (χ4n) is 9.56. The van der Waals surface area contributed by atoms with Crippen LogP contribution in [0.1, 0.15) is 113 Å². The lowest BCUT2D eigenvalue weighted by Gasteiger charge is -2.47. The number of Topliss-reactive ketones (excluding diaryl/α,β-unsaturated/α-hetero) is 1. The maximum Gasteiger partial charge on any atom is 0.416 e. The Morgan fingerprint density at radius 3 is 2.11 bits per heavy atom. The van der Waals surface area contributed by atoms with Gasteiger partial charge in [0.1, 0.15) is 23.6 Å². The van der Waals surface area contributed by atoms with Crippen LogP contribution >= 0.6 is 0 Å². The Labute approximate surface area is 375 Å². The largest absolute Gasteiger partial charge is 0.459 e. The molecule has 4 rings (SSSR count). The third kappa shape index (κ3) is 12.9. The molecular formula is C46H75F3N2O13. The highest BCUT2D eigenvalue weighted by Crippen LogP contribution is 2.42. The fourth-order valence-corrected chi connectivity index (χ4v) is 9.56. The number of hydrogen-bond donors (Lipinski definition) is 7. The first kappa shape index (κ1) is 54.1. The predicted molar refractivity (Wildman–Crippen MR) is 230 cm³/mol. The first-order valence-electron chi connectivity index (χ1n) is 22.7. The van der Waals surface area contributed by atoms with Gasteiger partial charge in [0.15, 0.2) is 12.6 Å². The summed E-state index contributed by atoms with van der Waals surface area (Å²) in [6, 6.07) is 3.77. The third-order valence-corrected chi connectivity index (χ3v) is 14.1. The molecule has 64 heavy (non-hydrogen) atoms. The van der Waals surface area contributed by atoms with Crippen LogP contribution in [0, 0.1) is 23.2 Å². The quantitative estimate of drug-likeness (QED) is 0.145. The highest BCUT2D eigenvalue weighted by atomic mass is 19.4. The number of esters is 1. The van der Waals surface area contributed by atoms with Crippen molar-refractivity contribution in [3.05, 3.63) is 29.8 Å². The first-order valence-corrected chi connectivity index (χ1v) is 22.7. The fraction of sp³-hybridized carbons (Fsp3) is 0.826. The van der Waals surface area contributed by atoms with E-state index >= 15 is 0 Å². The minimum Gasteiger partial charge on any atom is -0.459 e. The summed E-state index contributed by atoms with van der Waals surface area (Å²) in [6.07, 6.45) is -15.6. The number of ether oxygens (including phenoxy) is 5. The molecule has 0 spiro atoms. The standard InChI is InChI=1S/C46H75F3N2O13/c1-12-34-45(10,59)39(55)27(6)37(53)24(3)20-44(9,58)35(19-33(26(5)41(57)63-34)62-36-21-43(8,13-2)40(56)28(7)61-36)64-42-38(54)32(18-25(4)60-42)51(11)23-31(52)22-50-30-16-14-29(15-17-30)46(47,48)49/h14-17,24-28,31-36,38-40,42,50,52,54-56,58-59H,12-13,18-23H2,1-11H3/t24-,25-,26-,27+,28+,31?,32+,33+,34-,35-,36?,38-,39-,40+,42?,43-,44-,45-/m1/s1. The van der Waals surface area contributed by atoms with E-state index in [1.54, 1.807) is 46.6 Å². The van der Waals surface area contributed by atoms with Crippen LogP contribution in [0.3, 0.4) is 0 Å². The van der Waals surface area contributed by atoms with Gasteiger partial charge >= 0.3 is 12.1 Å². The molecule has 0 radical (unpaired) electrons. The maximum absolute atomic E-state index is 14.2. The van der Waals surface area contributed by atoms with Gasteiger partial charge in [-0.25, -0.2) is 0 Å². The first-order chi connectivity index (χ1) is 29.6. The zero-order valence-corrected chi connectivity index (χ0v) is 39.2.